The van der Waals surface area contributed by atoms with Crippen molar-refractivity contribution in [2.45, 2.75) is 45.6 Å². The quantitative estimate of drug-likeness (QED) is 0.864. The molecule has 18 heavy (non-hydrogen) atoms. The van der Waals surface area contributed by atoms with Crippen LogP contribution in [0.5, 0.6) is 0 Å². The number of hydrogen-bond acceptors (Lipinski definition) is 1. The van der Waals surface area contributed by atoms with E-state index in [0.29, 0.717) is 0 Å². The van der Waals surface area contributed by atoms with E-state index in [0.717, 1.165) is 18.5 Å². The molecule has 1 aliphatic carbocycles. The molecule has 0 unspecified atom stereocenters. The lowest BCUT2D eigenvalue weighted by Gasteiger charge is -2.25. The van der Waals surface area contributed by atoms with Crippen molar-refractivity contribution < 1.29 is 4.39 Å². The first-order valence-corrected chi connectivity index (χ1v) is 6.87. The molecule has 0 radical (unpaired) electrons. The van der Waals surface area contributed by atoms with Gasteiger partial charge in [-0.25, -0.2) is 4.39 Å². The monoisotopic (exact) mass is 269 g/mol. The number of hydrogen-bond donors (Lipinski definition) is 1. The second-order valence-electron chi connectivity index (χ2n) is 6.49. The molecule has 1 saturated carbocycles. The molecular weight excluding hydrogens is 249 g/mol. The van der Waals surface area contributed by atoms with Crippen molar-refractivity contribution in [2.24, 2.45) is 5.41 Å². The summed E-state index contributed by atoms with van der Waals surface area (Å²) in [7, 11) is 0. The van der Waals surface area contributed by atoms with Gasteiger partial charge in [0.15, 0.2) is 0 Å². The lowest BCUT2D eigenvalue weighted by Crippen LogP contribution is -2.40. The van der Waals surface area contributed by atoms with Crippen LogP contribution in [-0.4, -0.2) is 12.1 Å². The summed E-state index contributed by atoms with van der Waals surface area (Å²) in [6.45, 7) is 7.41. The van der Waals surface area contributed by atoms with E-state index in [-0.39, 0.29) is 21.8 Å². The average molecular weight is 270 g/mol. The lowest BCUT2D eigenvalue weighted by atomic mass is 9.95. The highest BCUT2D eigenvalue weighted by molar-refractivity contribution is 6.30. The third-order valence-corrected chi connectivity index (χ3v) is 3.84. The van der Waals surface area contributed by atoms with Gasteiger partial charge < -0.3 is 5.32 Å². The molecule has 0 aliphatic heterocycles. The summed E-state index contributed by atoms with van der Waals surface area (Å²) in [6.07, 6.45) is 3.12. The molecule has 3 heteroatoms. The Morgan fingerprint density at radius 1 is 1.33 bits per heavy atom. The van der Waals surface area contributed by atoms with Gasteiger partial charge in [0.05, 0.1) is 5.02 Å². The van der Waals surface area contributed by atoms with E-state index in [9.17, 15) is 4.39 Å². The SMILES string of the molecule is CC(C)(C)NCC1(Cc2cccc(Cl)c2F)CC1. The van der Waals surface area contributed by atoms with Crippen LogP contribution >= 0.6 is 11.6 Å². The Morgan fingerprint density at radius 3 is 2.56 bits per heavy atom. The van der Waals surface area contributed by atoms with Crippen LogP contribution in [0.15, 0.2) is 18.2 Å². The lowest BCUT2D eigenvalue weighted by molar-refractivity contribution is 0.354. The van der Waals surface area contributed by atoms with Gasteiger partial charge in [-0.15, -0.1) is 0 Å². The van der Waals surface area contributed by atoms with Gasteiger partial charge in [-0.3, -0.25) is 0 Å². The maximum atomic E-state index is 13.9. The summed E-state index contributed by atoms with van der Waals surface area (Å²) in [5.74, 6) is -0.249. The molecule has 0 aromatic heterocycles. The minimum Gasteiger partial charge on any atom is -0.312 e. The Morgan fingerprint density at radius 2 is 2.00 bits per heavy atom. The first-order chi connectivity index (χ1) is 8.31. The molecule has 1 fully saturated rings. The predicted octanol–water partition coefficient (Wildman–Crippen LogP) is 4.19. The normalized spacial score (nSPS) is 17.8. The summed E-state index contributed by atoms with van der Waals surface area (Å²) in [4.78, 5) is 0. The van der Waals surface area contributed by atoms with Crippen LogP contribution in [0.25, 0.3) is 0 Å². The minimum absolute atomic E-state index is 0.114. The zero-order valence-corrected chi connectivity index (χ0v) is 12.1. The van der Waals surface area contributed by atoms with Crippen molar-refractivity contribution in [1.29, 1.82) is 0 Å². The van der Waals surface area contributed by atoms with Gasteiger partial charge in [-0.05, 0) is 57.1 Å². The van der Waals surface area contributed by atoms with Crippen molar-refractivity contribution in [3.8, 4) is 0 Å². The molecule has 0 bridgehead atoms. The molecule has 0 atom stereocenters. The van der Waals surface area contributed by atoms with Crippen molar-refractivity contribution in [1.82, 2.24) is 5.32 Å². The zero-order valence-electron chi connectivity index (χ0n) is 11.3. The first-order valence-electron chi connectivity index (χ1n) is 6.49. The van der Waals surface area contributed by atoms with Gasteiger partial charge >= 0.3 is 0 Å². The second kappa shape index (κ2) is 4.82. The van der Waals surface area contributed by atoms with E-state index in [1.54, 1.807) is 6.07 Å². The standard InChI is InChI=1S/C15H21ClFN/c1-14(2,3)18-10-15(7-8-15)9-11-5-4-6-12(16)13(11)17/h4-6,18H,7-10H2,1-3H3. The molecule has 1 aromatic carbocycles. The zero-order chi connectivity index (χ0) is 13.4. The van der Waals surface area contributed by atoms with E-state index < -0.39 is 0 Å². The number of halogens is 2. The summed E-state index contributed by atoms with van der Waals surface area (Å²) in [6, 6.07) is 5.28. The van der Waals surface area contributed by atoms with Crippen molar-refractivity contribution in [2.75, 3.05) is 6.54 Å². The Balaban J connectivity index is 2.03. The molecular formula is C15H21ClFN. The highest BCUT2D eigenvalue weighted by atomic mass is 35.5. The van der Waals surface area contributed by atoms with Gasteiger partial charge in [0.2, 0.25) is 0 Å². The molecule has 100 valence electrons. The van der Waals surface area contributed by atoms with Gasteiger partial charge in [0.25, 0.3) is 0 Å². The summed E-state index contributed by atoms with van der Waals surface area (Å²) in [5, 5.41) is 3.75. The Labute approximate surface area is 114 Å². The predicted molar refractivity (Wildman–Crippen MR) is 74.5 cm³/mol. The topological polar surface area (TPSA) is 12.0 Å². The van der Waals surface area contributed by atoms with Crippen LogP contribution < -0.4 is 5.32 Å². The molecule has 0 amide bonds. The average Bonchev–Trinajstić information content (AvgIpc) is 3.02. The first kappa shape index (κ1) is 13.8. The largest absolute Gasteiger partial charge is 0.312 e. The Kier molecular flexibility index (Phi) is 3.70. The van der Waals surface area contributed by atoms with Crippen molar-refractivity contribution >= 4 is 11.6 Å². The van der Waals surface area contributed by atoms with Gasteiger partial charge in [0.1, 0.15) is 5.82 Å². The third-order valence-electron chi connectivity index (χ3n) is 3.55. The summed E-state index contributed by atoms with van der Waals surface area (Å²) >= 11 is 5.82. The number of benzene rings is 1. The molecule has 2 rings (SSSR count). The van der Waals surface area contributed by atoms with Gasteiger partial charge in [-0.2, -0.15) is 0 Å². The highest BCUT2D eigenvalue weighted by Crippen LogP contribution is 2.48. The fraction of sp³-hybridized carbons (Fsp3) is 0.600. The maximum Gasteiger partial charge on any atom is 0.144 e. The van der Waals surface area contributed by atoms with Gasteiger partial charge in [-0.1, -0.05) is 23.7 Å². The number of rotatable bonds is 4. The summed E-state index contributed by atoms with van der Waals surface area (Å²) in [5.41, 5.74) is 1.09. The Hall–Kier alpha value is -0.600. The third kappa shape index (κ3) is 3.46. The van der Waals surface area contributed by atoms with Crippen LogP contribution in [0.2, 0.25) is 5.02 Å². The van der Waals surface area contributed by atoms with E-state index >= 15 is 0 Å². The van der Waals surface area contributed by atoms with E-state index in [2.05, 4.69) is 26.1 Å². The van der Waals surface area contributed by atoms with Crippen molar-refractivity contribution in [3.63, 3.8) is 0 Å². The van der Waals surface area contributed by atoms with E-state index in [1.807, 2.05) is 12.1 Å². The maximum absolute atomic E-state index is 13.9. The smallest absolute Gasteiger partial charge is 0.144 e. The Bertz CT molecular complexity index is 433. The molecule has 0 spiro atoms. The second-order valence-corrected chi connectivity index (χ2v) is 6.90. The molecule has 1 aliphatic rings. The van der Waals surface area contributed by atoms with E-state index in [1.165, 1.54) is 12.8 Å². The van der Waals surface area contributed by atoms with Crippen LogP contribution in [0.4, 0.5) is 4.39 Å². The molecule has 1 aromatic rings. The fourth-order valence-electron chi connectivity index (χ4n) is 2.13. The molecule has 1 N–H and O–H groups in total. The molecule has 1 nitrogen and oxygen atoms in total. The molecule has 0 heterocycles. The van der Waals surface area contributed by atoms with E-state index in [4.69, 9.17) is 11.6 Å². The van der Waals surface area contributed by atoms with Gasteiger partial charge in [0, 0.05) is 12.1 Å². The van der Waals surface area contributed by atoms with Crippen LogP contribution in [-0.2, 0) is 6.42 Å². The van der Waals surface area contributed by atoms with Crippen molar-refractivity contribution in [3.05, 3.63) is 34.6 Å². The highest BCUT2D eigenvalue weighted by Gasteiger charge is 2.43. The summed E-state index contributed by atoms with van der Waals surface area (Å²) < 4.78 is 13.9. The molecule has 0 saturated heterocycles. The minimum atomic E-state index is -0.249. The van der Waals surface area contributed by atoms with Crippen LogP contribution in [0.3, 0.4) is 0 Å². The van der Waals surface area contributed by atoms with Crippen LogP contribution in [0, 0.1) is 11.2 Å². The number of nitrogens with one attached hydrogen (secondary N) is 1. The van der Waals surface area contributed by atoms with Crippen LogP contribution in [0.1, 0.15) is 39.2 Å². The fourth-order valence-corrected chi connectivity index (χ4v) is 2.33.